The number of hydrogen-bond donors (Lipinski definition) is 1. The molecule has 1 saturated carbocycles. The lowest BCUT2D eigenvalue weighted by atomic mass is 10.1. The van der Waals surface area contributed by atoms with Gasteiger partial charge in [-0.3, -0.25) is 4.79 Å². The second-order valence-corrected chi connectivity index (χ2v) is 4.62. The highest BCUT2D eigenvalue weighted by Crippen LogP contribution is 2.28. The Kier molecular flexibility index (Phi) is 6.86. The first kappa shape index (κ1) is 13.2. The van der Waals surface area contributed by atoms with Crippen molar-refractivity contribution in [2.24, 2.45) is 11.0 Å². The third-order valence-electron chi connectivity index (χ3n) is 2.90. The van der Waals surface area contributed by atoms with Gasteiger partial charge in [0.05, 0.1) is 0 Å². The molecule has 0 spiro atoms. The first-order chi connectivity index (χ1) is 7.84. The minimum Gasteiger partial charge on any atom is -0.273 e. The molecule has 0 unspecified atom stereocenters. The van der Waals surface area contributed by atoms with Crippen molar-refractivity contribution in [1.82, 2.24) is 5.43 Å². The number of hydrazone groups is 1. The average Bonchev–Trinajstić information content (AvgIpc) is 3.10. The SMILES string of the molecule is CCCCCCCC/C=N\NC(=O)C1CC1. The number of hydrogen-bond acceptors (Lipinski definition) is 2. The lowest BCUT2D eigenvalue weighted by Crippen LogP contribution is -2.18. The van der Waals surface area contributed by atoms with Crippen molar-refractivity contribution in [2.75, 3.05) is 0 Å². The highest BCUT2D eigenvalue weighted by atomic mass is 16.2. The average molecular weight is 224 g/mol. The highest BCUT2D eigenvalue weighted by Gasteiger charge is 2.29. The number of carbonyl (C=O) groups excluding carboxylic acids is 1. The van der Waals surface area contributed by atoms with Gasteiger partial charge in [-0.05, 0) is 25.7 Å². The minimum atomic E-state index is 0.0965. The summed E-state index contributed by atoms with van der Waals surface area (Å²) >= 11 is 0. The largest absolute Gasteiger partial charge is 0.273 e. The smallest absolute Gasteiger partial charge is 0.243 e. The zero-order valence-electron chi connectivity index (χ0n) is 10.4. The number of amides is 1. The monoisotopic (exact) mass is 224 g/mol. The van der Waals surface area contributed by atoms with Crippen molar-refractivity contribution >= 4 is 12.1 Å². The summed E-state index contributed by atoms with van der Waals surface area (Å²) in [6.45, 7) is 2.23. The van der Waals surface area contributed by atoms with Crippen LogP contribution in [0.2, 0.25) is 0 Å². The molecule has 0 aromatic heterocycles. The molecule has 1 amide bonds. The van der Waals surface area contributed by atoms with Crippen LogP contribution in [0.15, 0.2) is 5.10 Å². The van der Waals surface area contributed by atoms with Gasteiger partial charge in [0.25, 0.3) is 0 Å². The Morgan fingerprint density at radius 2 is 1.94 bits per heavy atom. The first-order valence-corrected chi connectivity index (χ1v) is 6.66. The Hall–Kier alpha value is -0.860. The third kappa shape index (κ3) is 6.59. The van der Waals surface area contributed by atoms with E-state index in [1.165, 1.54) is 38.5 Å². The van der Waals surface area contributed by atoms with Gasteiger partial charge >= 0.3 is 0 Å². The summed E-state index contributed by atoms with van der Waals surface area (Å²) in [5, 5.41) is 3.94. The molecule has 1 aliphatic rings. The summed E-state index contributed by atoms with van der Waals surface area (Å²) in [6, 6.07) is 0. The second kappa shape index (κ2) is 8.31. The predicted octanol–water partition coefficient (Wildman–Crippen LogP) is 3.25. The van der Waals surface area contributed by atoms with Crippen molar-refractivity contribution in [3.05, 3.63) is 0 Å². The molecule has 3 heteroatoms. The van der Waals surface area contributed by atoms with E-state index in [0.717, 1.165) is 19.3 Å². The molecule has 0 bridgehead atoms. The van der Waals surface area contributed by atoms with Crippen LogP contribution in [0.5, 0.6) is 0 Å². The molecular weight excluding hydrogens is 200 g/mol. The summed E-state index contributed by atoms with van der Waals surface area (Å²) in [6.07, 6.45) is 12.7. The number of carbonyl (C=O) groups is 1. The molecule has 1 rings (SSSR count). The Morgan fingerprint density at radius 1 is 1.25 bits per heavy atom. The maximum absolute atomic E-state index is 11.2. The highest BCUT2D eigenvalue weighted by molar-refractivity contribution is 5.81. The molecule has 0 aliphatic heterocycles. The predicted molar refractivity (Wildman–Crippen MR) is 67.4 cm³/mol. The van der Waals surface area contributed by atoms with E-state index in [0.29, 0.717) is 0 Å². The fourth-order valence-electron chi connectivity index (χ4n) is 1.63. The van der Waals surface area contributed by atoms with Crippen LogP contribution in [0.25, 0.3) is 0 Å². The van der Waals surface area contributed by atoms with Crippen LogP contribution in [0, 0.1) is 5.92 Å². The standard InChI is InChI=1S/C13H24N2O/c1-2-3-4-5-6-7-8-11-14-15-13(16)12-9-10-12/h11-12H,2-10H2,1H3,(H,15,16)/b14-11-. The van der Waals surface area contributed by atoms with Gasteiger partial charge < -0.3 is 0 Å². The summed E-state index contributed by atoms with van der Waals surface area (Å²) < 4.78 is 0. The molecule has 0 atom stereocenters. The van der Waals surface area contributed by atoms with Crippen molar-refractivity contribution in [3.8, 4) is 0 Å². The number of rotatable bonds is 9. The Labute approximate surface area is 98.7 Å². The topological polar surface area (TPSA) is 41.5 Å². The maximum Gasteiger partial charge on any atom is 0.243 e. The molecule has 1 fully saturated rings. The third-order valence-corrected chi connectivity index (χ3v) is 2.90. The fraction of sp³-hybridized carbons (Fsp3) is 0.846. The van der Waals surface area contributed by atoms with E-state index >= 15 is 0 Å². The van der Waals surface area contributed by atoms with Crippen LogP contribution < -0.4 is 5.43 Å². The molecule has 16 heavy (non-hydrogen) atoms. The number of nitrogens with zero attached hydrogens (tertiary/aromatic N) is 1. The molecule has 0 heterocycles. The zero-order chi connectivity index (χ0) is 11.6. The van der Waals surface area contributed by atoms with Gasteiger partial charge in [0, 0.05) is 12.1 Å². The van der Waals surface area contributed by atoms with Crippen molar-refractivity contribution in [1.29, 1.82) is 0 Å². The van der Waals surface area contributed by atoms with Crippen LogP contribution >= 0.6 is 0 Å². The Morgan fingerprint density at radius 3 is 2.62 bits per heavy atom. The normalized spacial score (nSPS) is 15.6. The van der Waals surface area contributed by atoms with Crippen LogP contribution in [0.3, 0.4) is 0 Å². The zero-order valence-corrected chi connectivity index (χ0v) is 10.4. The van der Waals surface area contributed by atoms with E-state index in [1.54, 1.807) is 0 Å². The van der Waals surface area contributed by atoms with E-state index in [9.17, 15) is 4.79 Å². The molecule has 1 N–H and O–H groups in total. The van der Waals surface area contributed by atoms with Gasteiger partial charge in [-0.25, -0.2) is 5.43 Å². The second-order valence-electron chi connectivity index (χ2n) is 4.62. The maximum atomic E-state index is 11.2. The van der Waals surface area contributed by atoms with Crippen LogP contribution in [-0.2, 0) is 4.79 Å². The molecule has 1 aliphatic carbocycles. The summed E-state index contributed by atoms with van der Waals surface area (Å²) in [5.74, 6) is 0.352. The molecule has 3 nitrogen and oxygen atoms in total. The van der Waals surface area contributed by atoms with Gasteiger partial charge in [-0.2, -0.15) is 5.10 Å². The van der Waals surface area contributed by atoms with Gasteiger partial charge in [0.15, 0.2) is 0 Å². The van der Waals surface area contributed by atoms with E-state index in [2.05, 4.69) is 17.5 Å². The first-order valence-electron chi connectivity index (χ1n) is 6.66. The summed E-state index contributed by atoms with van der Waals surface area (Å²) in [7, 11) is 0. The van der Waals surface area contributed by atoms with Gasteiger partial charge in [-0.15, -0.1) is 0 Å². The lowest BCUT2D eigenvalue weighted by Gasteiger charge is -1.98. The Bertz CT molecular complexity index is 222. The van der Waals surface area contributed by atoms with Gasteiger partial charge in [0.1, 0.15) is 0 Å². The van der Waals surface area contributed by atoms with Crippen molar-refractivity contribution in [3.63, 3.8) is 0 Å². The molecule has 0 aromatic rings. The number of unbranched alkanes of at least 4 members (excludes halogenated alkanes) is 6. The van der Waals surface area contributed by atoms with Crippen LogP contribution in [0.4, 0.5) is 0 Å². The molecule has 0 saturated heterocycles. The number of nitrogens with one attached hydrogen (secondary N) is 1. The van der Waals surface area contributed by atoms with E-state index in [4.69, 9.17) is 0 Å². The van der Waals surface area contributed by atoms with Crippen LogP contribution in [-0.4, -0.2) is 12.1 Å². The van der Waals surface area contributed by atoms with Crippen LogP contribution in [0.1, 0.15) is 64.7 Å². The minimum absolute atomic E-state index is 0.0965. The molecule has 0 radical (unpaired) electrons. The fourth-order valence-corrected chi connectivity index (χ4v) is 1.63. The molecule has 0 aromatic carbocycles. The molecular formula is C13H24N2O. The van der Waals surface area contributed by atoms with E-state index in [1.807, 2.05) is 6.21 Å². The van der Waals surface area contributed by atoms with Crippen molar-refractivity contribution in [2.45, 2.75) is 64.7 Å². The van der Waals surface area contributed by atoms with E-state index in [-0.39, 0.29) is 11.8 Å². The quantitative estimate of drug-likeness (QED) is 0.364. The summed E-state index contributed by atoms with van der Waals surface area (Å²) in [4.78, 5) is 11.2. The lowest BCUT2D eigenvalue weighted by molar-refractivity contribution is -0.122. The van der Waals surface area contributed by atoms with Gasteiger partial charge in [-0.1, -0.05) is 39.0 Å². The van der Waals surface area contributed by atoms with Gasteiger partial charge in [0.2, 0.25) is 5.91 Å². The van der Waals surface area contributed by atoms with E-state index < -0.39 is 0 Å². The van der Waals surface area contributed by atoms with Crippen molar-refractivity contribution < 1.29 is 4.79 Å². The molecule has 92 valence electrons. The Balaban J connectivity index is 1.82. The summed E-state index contributed by atoms with van der Waals surface area (Å²) in [5.41, 5.74) is 2.59.